The molecule has 0 aromatic heterocycles. The predicted molar refractivity (Wildman–Crippen MR) is 125 cm³/mol. The van der Waals surface area contributed by atoms with Crippen LogP contribution in [0.5, 0.6) is 5.75 Å². The van der Waals surface area contributed by atoms with Crippen LogP contribution in [0.1, 0.15) is 36.7 Å². The maximum atomic E-state index is 11.5. The van der Waals surface area contributed by atoms with E-state index < -0.39 is 11.9 Å². The molecule has 31 heavy (non-hydrogen) atoms. The highest BCUT2D eigenvalue weighted by Crippen LogP contribution is 2.28. The number of aliphatic carboxylic acids is 1. The minimum absolute atomic E-state index is 0.00454. The zero-order valence-electron chi connectivity index (χ0n) is 17.9. The molecular weight excluding hydrogens is 412 g/mol. The van der Waals surface area contributed by atoms with E-state index in [1.54, 1.807) is 31.2 Å². The van der Waals surface area contributed by atoms with Crippen molar-refractivity contribution in [3.63, 3.8) is 0 Å². The van der Waals surface area contributed by atoms with Crippen LogP contribution in [0.4, 0.5) is 0 Å². The largest absolute Gasteiger partial charge is 0.507 e. The normalized spacial score (nSPS) is 11.4. The zero-order chi connectivity index (χ0) is 23.0. The summed E-state index contributed by atoms with van der Waals surface area (Å²) in [5.74, 6) is -0.833. The van der Waals surface area contributed by atoms with Crippen LogP contribution in [0.15, 0.2) is 72.8 Å². The van der Waals surface area contributed by atoms with E-state index in [-0.39, 0.29) is 17.5 Å². The van der Waals surface area contributed by atoms with Gasteiger partial charge < -0.3 is 10.2 Å². The first-order chi connectivity index (χ1) is 14.7. The van der Waals surface area contributed by atoms with Crippen molar-refractivity contribution in [1.82, 2.24) is 0 Å². The fourth-order valence-corrected chi connectivity index (χ4v) is 3.18. The van der Waals surface area contributed by atoms with Gasteiger partial charge in [0, 0.05) is 17.0 Å². The average molecular weight is 439 g/mol. The topological polar surface area (TPSA) is 74.6 Å². The number of carboxylic acid groups (broad SMARTS) is 1. The summed E-state index contributed by atoms with van der Waals surface area (Å²) in [7, 11) is 0. The summed E-state index contributed by atoms with van der Waals surface area (Å²) in [6, 6.07) is 21.9. The lowest BCUT2D eigenvalue weighted by Crippen LogP contribution is -2.12. The molecule has 0 aliphatic carbocycles. The van der Waals surface area contributed by atoms with Gasteiger partial charge in [-0.15, -0.1) is 0 Å². The maximum Gasteiger partial charge on any atom is 0.306 e. The van der Waals surface area contributed by atoms with Gasteiger partial charge in [-0.2, -0.15) is 0 Å². The molecule has 0 saturated carbocycles. The van der Waals surface area contributed by atoms with Gasteiger partial charge in [-0.25, -0.2) is 0 Å². The summed E-state index contributed by atoms with van der Waals surface area (Å²) < 4.78 is 0. The van der Waals surface area contributed by atoms with Crippen molar-refractivity contribution >= 4 is 23.4 Å². The molecule has 3 aromatic rings. The lowest BCUT2D eigenvalue weighted by molar-refractivity contribution is -0.141. The van der Waals surface area contributed by atoms with Crippen molar-refractivity contribution < 1.29 is 19.8 Å². The van der Waals surface area contributed by atoms with Crippen LogP contribution in [0.2, 0.25) is 5.02 Å². The molecule has 0 amide bonds. The second-order valence-corrected chi connectivity index (χ2v) is 8.06. The summed E-state index contributed by atoms with van der Waals surface area (Å²) in [6.07, 6.45) is 0.510. The molecule has 0 bridgehead atoms. The number of carbonyl (C=O) groups is 2. The number of rotatable bonds is 6. The first-order valence-corrected chi connectivity index (χ1v) is 10.5. The average Bonchev–Trinajstić information content (AvgIpc) is 2.75. The SMILES string of the molecule is CC(C)C(=O)c1ccccc1Cl.CC(Cc1ccc(-c2ccccc2O)cc1)C(=O)O. The minimum atomic E-state index is -0.787. The Morgan fingerprint density at radius 3 is 2.00 bits per heavy atom. The number of benzene rings is 3. The van der Waals surface area contributed by atoms with Gasteiger partial charge in [-0.1, -0.05) is 87.0 Å². The molecule has 3 rings (SSSR count). The molecule has 0 aliphatic heterocycles. The van der Waals surface area contributed by atoms with Crippen LogP contribution in [-0.4, -0.2) is 22.0 Å². The van der Waals surface area contributed by atoms with Gasteiger partial charge in [0.1, 0.15) is 5.75 Å². The van der Waals surface area contributed by atoms with Gasteiger partial charge in [0.15, 0.2) is 5.78 Å². The van der Waals surface area contributed by atoms with Gasteiger partial charge in [0.2, 0.25) is 0 Å². The fourth-order valence-electron chi connectivity index (χ4n) is 2.95. The Kier molecular flexibility index (Phi) is 8.83. The number of phenols is 1. The molecule has 5 heteroatoms. The highest BCUT2D eigenvalue weighted by Gasteiger charge is 2.13. The first-order valence-electron chi connectivity index (χ1n) is 10.1. The van der Waals surface area contributed by atoms with Crippen molar-refractivity contribution in [2.24, 2.45) is 11.8 Å². The van der Waals surface area contributed by atoms with E-state index in [4.69, 9.17) is 16.7 Å². The van der Waals surface area contributed by atoms with Crippen LogP contribution in [0.25, 0.3) is 11.1 Å². The predicted octanol–water partition coefficient (Wildman–Crippen LogP) is 6.50. The van der Waals surface area contributed by atoms with Crippen molar-refractivity contribution in [3.8, 4) is 16.9 Å². The molecule has 0 fully saturated rings. The quantitative estimate of drug-likeness (QED) is 0.430. The van der Waals surface area contributed by atoms with E-state index in [1.165, 1.54) is 0 Å². The lowest BCUT2D eigenvalue weighted by Gasteiger charge is -2.08. The Labute approximate surface area is 188 Å². The number of carbonyl (C=O) groups excluding carboxylic acids is 1. The Hall–Kier alpha value is -3.11. The second kappa shape index (κ2) is 11.3. The second-order valence-electron chi connectivity index (χ2n) is 7.66. The van der Waals surface area contributed by atoms with E-state index in [9.17, 15) is 14.7 Å². The fraction of sp³-hybridized carbons (Fsp3) is 0.231. The Morgan fingerprint density at radius 2 is 1.45 bits per heavy atom. The van der Waals surface area contributed by atoms with Gasteiger partial charge in [0.25, 0.3) is 0 Å². The van der Waals surface area contributed by atoms with E-state index in [0.717, 1.165) is 16.7 Å². The van der Waals surface area contributed by atoms with Crippen molar-refractivity contribution in [1.29, 1.82) is 0 Å². The van der Waals surface area contributed by atoms with Gasteiger partial charge >= 0.3 is 5.97 Å². The van der Waals surface area contributed by atoms with Crippen LogP contribution in [0.3, 0.4) is 0 Å². The van der Waals surface area contributed by atoms with Gasteiger partial charge in [0.05, 0.1) is 10.9 Å². The lowest BCUT2D eigenvalue weighted by atomic mass is 9.98. The molecule has 0 heterocycles. The summed E-state index contributed by atoms with van der Waals surface area (Å²) in [5.41, 5.74) is 3.30. The van der Waals surface area contributed by atoms with Crippen LogP contribution in [0, 0.1) is 11.8 Å². The Morgan fingerprint density at radius 1 is 0.871 bits per heavy atom. The molecule has 3 aromatic carbocycles. The summed E-state index contributed by atoms with van der Waals surface area (Å²) >= 11 is 5.84. The summed E-state index contributed by atoms with van der Waals surface area (Å²) in [6.45, 7) is 5.43. The van der Waals surface area contributed by atoms with Crippen LogP contribution >= 0.6 is 11.6 Å². The smallest absolute Gasteiger partial charge is 0.306 e. The molecule has 0 aliphatic rings. The third kappa shape index (κ3) is 6.97. The molecule has 0 saturated heterocycles. The molecule has 2 N–H and O–H groups in total. The number of hydrogen-bond donors (Lipinski definition) is 2. The molecule has 4 nitrogen and oxygen atoms in total. The van der Waals surface area contributed by atoms with Crippen molar-refractivity contribution in [3.05, 3.63) is 88.9 Å². The zero-order valence-corrected chi connectivity index (χ0v) is 18.6. The molecule has 1 atom stereocenters. The number of phenolic OH excluding ortho intramolecular Hbond substituents is 1. The van der Waals surface area contributed by atoms with Crippen LogP contribution in [-0.2, 0) is 11.2 Å². The molecule has 0 radical (unpaired) electrons. The maximum absolute atomic E-state index is 11.5. The number of para-hydroxylation sites is 1. The Bertz CT molecular complexity index is 1030. The van der Waals surface area contributed by atoms with E-state index in [2.05, 4.69) is 0 Å². The van der Waals surface area contributed by atoms with E-state index in [1.807, 2.05) is 62.4 Å². The number of aromatic hydroxyl groups is 1. The number of Topliss-reactive ketones (excluding diaryl/α,β-unsaturated/α-hetero) is 1. The standard InChI is InChI=1S/C16H16O3.C10H11ClO/c1-11(16(18)19)10-12-6-8-13(9-7-12)14-4-2-3-5-15(14)17;1-7(2)10(12)8-5-3-4-6-9(8)11/h2-9,11,17H,10H2,1H3,(H,18,19);3-7H,1-2H3. The first kappa shape index (κ1) is 24.2. The number of hydrogen-bond acceptors (Lipinski definition) is 3. The molecule has 0 spiro atoms. The molecule has 162 valence electrons. The number of ketones is 1. The minimum Gasteiger partial charge on any atom is -0.507 e. The summed E-state index contributed by atoms with van der Waals surface area (Å²) in [4.78, 5) is 22.3. The Balaban J connectivity index is 0.000000245. The monoisotopic (exact) mass is 438 g/mol. The van der Waals surface area contributed by atoms with E-state index in [0.29, 0.717) is 17.0 Å². The highest BCUT2D eigenvalue weighted by molar-refractivity contribution is 6.34. The third-order valence-corrected chi connectivity index (χ3v) is 5.13. The van der Waals surface area contributed by atoms with Crippen molar-refractivity contribution in [2.45, 2.75) is 27.2 Å². The molecular formula is C26H27ClO4. The van der Waals surface area contributed by atoms with Crippen molar-refractivity contribution in [2.75, 3.05) is 0 Å². The van der Waals surface area contributed by atoms with Crippen LogP contribution < -0.4 is 0 Å². The highest BCUT2D eigenvalue weighted by atomic mass is 35.5. The number of halogens is 1. The van der Waals surface area contributed by atoms with Gasteiger partial charge in [-0.05, 0) is 35.7 Å². The van der Waals surface area contributed by atoms with E-state index >= 15 is 0 Å². The number of carboxylic acids is 1. The summed E-state index contributed by atoms with van der Waals surface area (Å²) in [5, 5.41) is 19.2. The molecule has 1 unspecified atom stereocenters. The third-order valence-electron chi connectivity index (χ3n) is 4.80. The van der Waals surface area contributed by atoms with Gasteiger partial charge in [-0.3, -0.25) is 9.59 Å².